The third-order valence-electron chi connectivity index (χ3n) is 5.99. The molecule has 30 heavy (non-hydrogen) atoms. The maximum Gasteiger partial charge on any atom is 0.325 e. The fraction of sp³-hybridized carbons (Fsp3) is 0.600. The van der Waals surface area contributed by atoms with E-state index >= 15 is 0 Å². The van der Waals surface area contributed by atoms with Crippen molar-refractivity contribution >= 4 is 22.0 Å². The highest BCUT2D eigenvalue weighted by Crippen LogP contribution is 2.37. The van der Waals surface area contributed by atoms with E-state index in [9.17, 15) is 18.0 Å². The van der Waals surface area contributed by atoms with Crippen molar-refractivity contribution in [2.75, 3.05) is 39.1 Å². The molecule has 164 valence electrons. The number of imide groups is 1. The first-order valence-corrected chi connectivity index (χ1v) is 12.0. The Morgan fingerprint density at radius 1 is 1.17 bits per heavy atom. The Balaban J connectivity index is 1.53. The number of urea groups is 1. The molecule has 3 heterocycles. The molecule has 4 rings (SSSR count). The van der Waals surface area contributed by atoms with Crippen LogP contribution in [-0.4, -0.2) is 68.7 Å². The zero-order valence-electron chi connectivity index (χ0n) is 17.2. The van der Waals surface area contributed by atoms with Gasteiger partial charge in [0.2, 0.25) is 10.0 Å². The molecule has 9 nitrogen and oxygen atoms in total. The number of ether oxygens (including phenoxy) is 2. The Hall–Kier alpha value is -2.33. The number of piperidine rings is 1. The number of nitrogens with zero attached hydrogens (tertiary/aromatic N) is 2. The number of carbonyl (C=O) groups is 2. The molecule has 10 heteroatoms. The Bertz CT molecular complexity index is 965. The van der Waals surface area contributed by atoms with Crippen molar-refractivity contribution in [2.24, 2.45) is 5.92 Å². The standard InChI is InChI=1S/C20H27N3O6S/c1-20(15-6-7-16-17(11-15)29-10-4-9-28-16)18(24)23(19(25)21-20)13-14-5-3-8-22(12-14)30(2,26)27/h6-7,11,14H,3-5,8-10,12-13H2,1-2H3,(H,21,25)/t14-,20-/m0/s1. The van der Waals surface area contributed by atoms with Crippen molar-refractivity contribution < 1.29 is 27.5 Å². The summed E-state index contributed by atoms with van der Waals surface area (Å²) in [7, 11) is -3.29. The van der Waals surface area contributed by atoms with Crippen molar-refractivity contribution in [2.45, 2.75) is 31.7 Å². The average Bonchev–Trinajstić information content (AvgIpc) is 2.87. The molecule has 3 aliphatic heterocycles. The van der Waals surface area contributed by atoms with E-state index < -0.39 is 21.6 Å². The van der Waals surface area contributed by atoms with Crippen LogP contribution in [0.15, 0.2) is 18.2 Å². The van der Waals surface area contributed by atoms with Gasteiger partial charge in [-0.2, -0.15) is 0 Å². The number of benzene rings is 1. The van der Waals surface area contributed by atoms with Crippen LogP contribution in [0.4, 0.5) is 4.79 Å². The Labute approximate surface area is 176 Å². The van der Waals surface area contributed by atoms with E-state index in [4.69, 9.17) is 9.47 Å². The molecule has 0 spiro atoms. The van der Waals surface area contributed by atoms with Crippen LogP contribution in [0.2, 0.25) is 0 Å². The van der Waals surface area contributed by atoms with E-state index in [-0.39, 0.29) is 18.4 Å². The van der Waals surface area contributed by atoms with E-state index in [0.29, 0.717) is 49.8 Å². The molecular formula is C20H27N3O6S. The first-order chi connectivity index (χ1) is 14.2. The third kappa shape index (κ3) is 3.85. The molecule has 2 fully saturated rings. The monoisotopic (exact) mass is 437 g/mol. The van der Waals surface area contributed by atoms with Crippen LogP contribution in [-0.2, 0) is 20.4 Å². The highest BCUT2D eigenvalue weighted by Gasteiger charge is 2.50. The Morgan fingerprint density at radius 2 is 1.90 bits per heavy atom. The Kier molecular flexibility index (Phi) is 5.39. The number of nitrogens with one attached hydrogen (secondary N) is 1. The summed E-state index contributed by atoms with van der Waals surface area (Å²) in [4.78, 5) is 27.1. The molecule has 3 aliphatic rings. The number of fused-ring (bicyclic) bond motifs is 1. The highest BCUT2D eigenvalue weighted by molar-refractivity contribution is 7.88. The van der Waals surface area contributed by atoms with Crippen LogP contribution in [0, 0.1) is 5.92 Å². The van der Waals surface area contributed by atoms with Crippen molar-refractivity contribution in [1.82, 2.24) is 14.5 Å². The quantitative estimate of drug-likeness (QED) is 0.712. The van der Waals surface area contributed by atoms with E-state index in [1.54, 1.807) is 25.1 Å². The van der Waals surface area contributed by atoms with E-state index in [2.05, 4.69) is 5.32 Å². The molecule has 1 aromatic rings. The van der Waals surface area contributed by atoms with Crippen LogP contribution in [0.25, 0.3) is 0 Å². The zero-order valence-corrected chi connectivity index (χ0v) is 18.0. The first kappa shape index (κ1) is 20.9. The second-order valence-corrected chi connectivity index (χ2v) is 10.3. The zero-order chi connectivity index (χ0) is 21.5. The highest BCUT2D eigenvalue weighted by atomic mass is 32.2. The Morgan fingerprint density at radius 3 is 2.63 bits per heavy atom. The molecule has 3 amide bonds. The minimum Gasteiger partial charge on any atom is -0.490 e. The first-order valence-electron chi connectivity index (χ1n) is 10.2. The molecule has 2 atom stereocenters. The van der Waals surface area contributed by atoms with Gasteiger partial charge in [-0.25, -0.2) is 17.5 Å². The maximum atomic E-state index is 13.3. The number of hydrogen-bond acceptors (Lipinski definition) is 6. The number of carbonyl (C=O) groups excluding carboxylic acids is 2. The summed E-state index contributed by atoms with van der Waals surface area (Å²) in [6, 6.07) is 4.80. The second-order valence-electron chi connectivity index (χ2n) is 8.31. The number of rotatable bonds is 4. The minimum atomic E-state index is -3.29. The molecule has 0 aromatic heterocycles. The van der Waals surface area contributed by atoms with Crippen LogP contribution in [0.1, 0.15) is 31.7 Å². The molecule has 1 aromatic carbocycles. The molecule has 0 aliphatic carbocycles. The smallest absolute Gasteiger partial charge is 0.325 e. The summed E-state index contributed by atoms with van der Waals surface area (Å²) in [6.07, 6.45) is 3.44. The number of hydrogen-bond donors (Lipinski definition) is 1. The summed E-state index contributed by atoms with van der Waals surface area (Å²) in [6.45, 7) is 3.76. The lowest BCUT2D eigenvalue weighted by Gasteiger charge is -2.32. The molecular weight excluding hydrogens is 410 g/mol. The predicted molar refractivity (Wildman–Crippen MR) is 109 cm³/mol. The van der Waals surface area contributed by atoms with Gasteiger partial charge in [0.15, 0.2) is 11.5 Å². The molecule has 0 unspecified atom stereocenters. The summed E-state index contributed by atoms with van der Waals surface area (Å²) < 4.78 is 36.5. The van der Waals surface area contributed by atoms with Gasteiger partial charge in [0.1, 0.15) is 5.54 Å². The van der Waals surface area contributed by atoms with Gasteiger partial charge in [0.05, 0.1) is 19.5 Å². The fourth-order valence-corrected chi connectivity index (χ4v) is 5.21. The lowest BCUT2D eigenvalue weighted by Crippen LogP contribution is -2.45. The van der Waals surface area contributed by atoms with Gasteiger partial charge in [-0.3, -0.25) is 9.69 Å². The van der Waals surface area contributed by atoms with E-state index in [0.717, 1.165) is 12.8 Å². The maximum absolute atomic E-state index is 13.3. The van der Waals surface area contributed by atoms with Gasteiger partial charge in [-0.15, -0.1) is 0 Å². The van der Waals surface area contributed by atoms with Crippen molar-refractivity contribution in [3.63, 3.8) is 0 Å². The summed E-state index contributed by atoms with van der Waals surface area (Å²) >= 11 is 0. The average molecular weight is 438 g/mol. The van der Waals surface area contributed by atoms with Crippen LogP contribution < -0.4 is 14.8 Å². The van der Waals surface area contributed by atoms with Crippen LogP contribution in [0.3, 0.4) is 0 Å². The van der Waals surface area contributed by atoms with Crippen molar-refractivity contribution in [3.8, 4) is 11.5 Å². The normalized spacial score (nSPS) is 27.7. The molecule has 2 saturated heterocycles. The topological polar surface area (TPSA) is 105 Å². The van der Waals surface area contributed by atoms with Gasteiger partial charge in [0.25, 0.3) is 5.91 Å². The number of amides is 3. The van der Waals surface area contributed by atoms with E-state index in [1.807, 2.05) is 0 Å². The van der Waals surface area contributed by atoms with Gasteiger partial charge >= 0.3 is 6.03 Å². The number of sulfonamides is 1. The van der Waals surface area contributed by atoms with Gasteiger partial charge in [-0.1, -0.05) is 6.07 Å². The van der Waals surface area contributed by atoms with Crippen molar-refractivity contribution in [1.29, 1.82) is 0 Å². The van der Waals surface area contributed by atoms with Crippen molar-refractivity contribution in [3.05, 3.63) is 23.8 Å². The summed E-state index contributed by atoms with van der Waals surface area (Å²) in [5, 5.41) is 2.81. The van der Waals surface area contributed by atoms with Gasteiger partial charge < -0.3 is 14.8 Å². The lowest BCUT2D eigenvalue weighted by atomic mass is 9.91. The summed E-state index contributed by atoms with van der Waals surface area (Å²) in [5.41, 5.74) is -0.596. The van der Waals surface area contributed by atoms with Gasteiger partial charge in [-0.05, 0) is 43.4 Å². The lowest BCUT2D eigenvalue weighted by molar-refractivity contribution is -0.131. The second kappa shape index (κ2) is 7.73. The largest absolute Gasteiger partial charge is 0.490 e. The molecule has 0 bridgehead atoms. The summed E-state index contributed by atoms with van der Waals surface area (Å²) in [5.74, 6) is 0.743. The van der Waals surface area contributed by atoms with Gasteiger partial charge in [0, 0.05) is 26.1 Å². The fourth-order valence-electron chi connectivity index (χ4n) is 4.27. The van der Waals surface area contributed by atoms with Crippen LogP contribution in [0.5, 0.6) is 11.5 Å². The molecule has 1 N–H and O–H groups in total. The SMILES string of the molecule is C[C@@]1(c2ccc3c(c2)OCCCO3)NC(=O)N(C[C@H]2CCCN(S(C)(=O)=O)C2)C1=O. The molecule has 0 saturated carbocycles. The predicted octanol–water partition coefficient (Wildman–Crippen LogP) is 1.29. The minimum absolute atomic E-state index is 0.0886. The van der Waals surface area contributed by atoms with E-state index in [1.165, 1.54) is 15.5 Å². The van der Waals surface area contributed by atoms with Crippen LogP contribution >= 0.6 is 0 Å². The molecule has 0 radical (unpaired) electrons. The third-order valence-corrected chi connectivity index (χ3v) is 7.26.